The van der Waals surface area contributed by atoms with E-state index in [4.69, 9.17) is 0 Å². The van der Waals surface area contributed by atoms with Crippen molar-refractivity contribution in [2.24, 2.45) is 0 Å². The molecule has 0 aromatic heterocycles. The van der Waals surface area contributed by atoms with E-state index in [0.717, 1.165) is 0 Å². The van der Waals surface area contributed by atoms with Crippen molar-refractivity contribution in [3.05, 3.63) is 0 Å². The van der Waals surface area contributed by atoms with Gasteiger partial charge in [-0.2, -0.15) is 0 Å². The second-order valence-electron chi connectivity index (χ2n) is 0.303. The Hall–Kier alpha value is 0.837. The molecule has 6 heteroatoms. The molecule has 0 aliphatic carbocycles. The summed E-state index contributed by atoms with van der Waals surface area (Å²) in [7, 11) is 0. The van der Waals surface area contributed by atoms with E-state index in [1.165, 1.54) is 0 Å². The first-order valence-corrected chi connectivity index (χ1v) is 2.20. The Balaban J connectivity index is 0. The molecule has 0 spiro atoms. The molecule has 0 aliphatic rings. The molecule has 37 valence electrons. The molecule has 0 aliphatic heterocycles. The van der Waals surface area contributed by atoms with E-state index >= 15 is 0 Å². The van der Waals surface area contributed by atoms with Gasteiger partial charge in [-0.25, -0.2) is 0 Å². The minimum Gasteiger partial charge on any atom is 1.00 e. The van der Waals surface area contributed by atoms with Gasteiger partial charge in [-0.15, -0.1) is 0 Å². The summed E-state index contributed by atoms with van der Waals surface area (Å²) in [6.45, 7) is 0. The first-order chi connectivity index (χ1) is 2.00. The molecule has 0 heterocycles. The molecule has 0 nitrogen and oxygen atoms in total. The molecule has 0 atom stereocenters. The van der Waals surface area contributed by atoms with Crippen molar-refractivity contribution in [2.45, 2.75) is 0 Å². The smallest absolute Gasteiger partial charge is 1.00 e. The molecule has 0 saturated heterocycles. The first kappa shape index (κ1) is 9.96. The van der Waals surface area contributed by atoms with Crippen LogP contribution in [0.3, 0.4) is 0 Å². The minimum absolute atomic E-state index is 0. The zero-order chi connectivity index (χ0) is 4.50. The summed E-state index contributed by atoms with van der Waals surface area (Å²) in [5.74, 6) is 0. The Morgan fingerprint density at radius 1 is 0.833 bits per heavy atom. The Bertz CT molecular complexity index is 23.0. The molecular weight excluding hydrogens is 139 g/mol. The largest absolute Gasteiger partial charge is 1.00 e. The van der Waals surface area contributed by atoms with E-state index in [1.54, 1.807) is 0 Å². The maximum absolute atomic E-state index is 9.81. The van der Waals surface area contributed by atoms with Crippen LogP contribution in [0.25, 0.3) is 0 Å². The van der Waals surface area contributed by atoms with Crippen LogP contribution in [0.1, 0.15) is 0 Å². The molecule has 0 radical (unpaired) electrons. The van der Waals surface area contributed by atoms with Crippen molar-refractivity contribution >= 4 is 0 Å². The quantitative estimate of drug-likeness (QED) is 0.288. The molecule has 0 saturated carbocycles. The fourth-order valence-electron chi connectivity index (χ4n) is 0. The number of rotatable bonds is 0. The summed E-state index contributed by atoms with van der Waals surface area (Å²) in [4.78, 5) is 0. The van der Waals surface area contributed by atoms with Gasteiger partial charge >= 0.3 is 47.7 Å². The minimum atomic E-state index is -6.50. The maximum Gasteiger partial charge on any atom is 1.00 e. The van der Waals surface area contributed by atoms with Gasteiger partial charge in [0.25, 0.3) is 0 Å². The summed E-state index contributed by atoms with van der Waals surface area (Å²) < 4.78 is 39.2. The van der Waals surface area contributed by atoms with Gasteiger partial charge < -0.3 is 0 Å². The van der Waals surface area contributed by atoms with Gasteiger partial charge in [0.05, 0.1) is 0 Å². The Morgan fingerprint density at radius 3 is 0.833 bits per heavy atom. The van der Waals surface area contributed by atoms with Gasteiger partial charge in [-0.1, -0.05) is 0 Å². The third-order valence-corrected chi connectivity index (χ3v) is 0. The molecule has 0 rings (SSSR count). The number of hydrogen-bond donors (Lipinski definition) is 0. The van der Waals surface area contributed by atoms with E-state index < -0.39 is 14.7 Å². The number of halogens is 4. The summed E-state index contributed by atoms with van der Waals surface area (Å²) in [5.41, 5.74) is 0. The molecule has 6 heavy (non-hydrogen) atoms. The molecule has 0 fully saturated rings. The van der Waals surface area contributed by atoms with Crippen molar-refractivity contribution in [3.8, 4) is 0 Å². The Morgan fingerprint density at radius 2 is 0.833 bits per heavy atom. The van der Waals surface area contributed by atoms with Gasteiger partial charge in [0.1, 0.15) is 0 Å². The van der Waals surface area contributed by atoms with E-state index in [-0.39, 0.29) is 18.9 Å². The van der Waals surface area contributed by atoms with Gasteiger partial charge in [0.15, 0.2) is 0 Å². The summed E-state index contributed by atoms with van der Waals surface area (Å²) in [6, 6.07) is 0. The predicted molar refractivity (Wildman–Crippen MR) is 4.43 cm³/mol. The summed E-state index contributed by atoms with van der Waals surface area (Å²) in [5, 5.41) is 0. The van der Waals surface area contributed by atoms with E-state index in [0.29, 0.717) is 0 Å². The van der Waals surface area contributed by atoms with Gasteiger partial charge in [0.2, 0.25) is 0 Å². The Kier molecular flexibility index (Phi) is 4.85. The molecule has 0 N–H and O–H groups in total. The van der Waals surface area contributed by atoms with Gasteiger partial charge in [-0.05, 0) is 0 Å². The zero-order valence-corrected chi connectivity index (χ0v) is 3.97. The third kappa shape index (κ3) is 102. The van der Waals surface area contributed by atoms with Crippen molar-refractivity contribution < 1.29 is 47.7 Å². The third-order valence-electron chi connectivity index (χ3n) is 0. The maximum atomic E-state index is 9.81. The topological polar surface area (TPSA) is 0 Å². The predicted octanol–water partition coefficient (Wildman–Crippen LogP) is -1.32. The van der Waals surface area contributed by atoms with E-state index in [9.17, 15) is 14.2 Å². The Labute approximate surface area is 48.2 Å². The van der Waals surface area contributed by atoms with Crippen LogP contribution < -0.4 is 18.9 Å². The average molecular weight is 139 g/mol. The van der Waals surface area contributed by atoms with E-state index in [1.807, 2.05) is 0 Å². The van der Waals surface area contributed by atoms with Crippen molar-refractivity contribution in [3.63, 3.8) is 0 Å². The van der Waals surface area contributed by atoms with Crippen molar-refractivity contribution in [2.75, 3.05) is 0 Å². The SMILES string of the molecule is [F][Fe-]([F])([F])[F].[Li+]. The summed E-state index contributed by atoms with van der Waals surface area (Å²) in [6.07, 6.45) is 0. The van der Waals surface area contributed by atoms with Crippen LogP contribution in [0.15, 0.2) is 0 Å². The van der Waals surface area contributed by atoms with Crippen molar-refractivity contribution in [1.82, 2.24) is 0 Å². The molecule has 0 aromatic rings. The van der Waals surface area contributed by atoms with E-state index in [2.05, 4.69) is 0 Å². The fourth-order valence-corrected chi connectivity index (χ4v) is 0. The van der Waals surface area contributed by atoms with Gasteiger partial charge in [0, 0.05) is 0 Å². The second-order valence-corrected chi connectivity index (χ2v) is 1.25. The standard InChI is InChI=1S/4FH.Fe.Li/h4*1H;;/q;;;;+3;+1/p-4. The monoisotopic (exact) mass is 139 g/mol. The van der Waals surface area contributed by atoms with Crippen LogP contribution >= 0.6 is 0 Å². The zero-order valence-electron chi connectivity index (χ0n) is 2.87. The first-order valence-electron chi connectivity index (χ1n) is 0.535. The van der Waals surface area contributed by atoms with Crippen LogP contribution in [0.4, 0.5) is 14.2 Å². The van der Waals surface area contributed by atoms with Crippen LogP contribution in [-0.2, 0) is 14.7 Å². The van der Waals surface area contributed by atoms with Crippen LogP contribution in [-0.4, -0.2) is 0 Å². The van der Waals surface area contributed by atoms with Crippen LogP contribution in [0.2, 0.25) is 0 Å². The molecule has 0 unspecified atom stereocenters. The second kappa shape index (κ2) is 2.92. The fraction of sp³-hybridized carbons (Fsp3) is 0. The summed E-state index contributed by atoms with van der Waals surface area (Å²) >= 11 is -6.50. The molecule has 0 amide bonds. The van der Waals surface area contributed by atoms with Gasteiger partial charge in [-0.3, -0.25) is 0 Å². The normalized spacial score (nSPS) is 12.7. The average Bonchev–Trinajstić information content (AvgIpc) is 0.722. The molecule has 0 bridgehead atoms. The molecule has 0 aromatic carbocycles. The molecular formula is F4FeLi. The van der Waals surface area contributed by atoms with Crippen molar-refractivity contribution in [1.29, 1.82) is 0 Å². The van der Waals surface area contributed by atoms with Crippen LogP contribution in [0.5, 0.6) is 0 Å². The number of hydrogen-bond acceptors (Lipinski definition) is 0. The van der Waals surface area contributed by atoms with Crippen LogP contribution in [0, 0.1) is 0 Å².